The Balaban J connectivity index is 1.86. The predicted octanol–water partition coefficient (Wildman–Crippen LogP) is 2.13. The third kappa shape index (κ3) is 2.27. The average Bonchev–Trinajstić information content (AvgIpc) is 3.12. The molecule has 1 N–H and O–H groups in total. The molecule has 3 rings (SSSR count). The van der Waals surface area contributed by atoms with Gasteiger partial charge in [0.25, 0.3) is 0 Å². The molecule has 2 aliphatic rings. The summed E-state index contributed by atoms with van der Waals surface area (Å²) >= 11 is 1.65. The Morgan fingerprint density at radius 1 is 1.44 bits per heavy atom. The van der Waals surface area contributed by atoms with Crippen LogP contribution in [0, 0.1) is 0 Å². The highest BCUT2D eigenvalue weighted by Gasteiger charge is 2.32. The lowest BCUT2D eigenvalue weighted by atomic mass is 10.2. The second kappa shape index (κ2) is 4.79. The largest absolute Gasteiger partial charge is 0.391 e. The third-order valence-corrected chi connectivity index (χ3v) is 4.77. The number of hydrogen-bond acceptors (Lipinski definition) is 5. The molecular weight excluding hydrogens is 248 g/mol. The van der Waals surface area contributed by atoms with E-state index < -0.39 is 0 Å². The molecule has 1 aromatic rings. The summed E-state index contributed by atoms with van der Waals surface area (Å²) in [6.07, 6.45) is 2.71. The molecule has 1 aliphatic heterocycles. The Morgan fingerprint density at radius 3 is 2.89 bits per heavy atom. The normalized spacial score (nSPS) is 28.7. The molecule has 2 unspecified atom stereocenters. The Morgan fingerprint density at radius 2 is 2.22 bits per heavy atom. The van der Waals surface area contributed by atoms with E-state index in [1.54, 1.807) is 11.3 Å². The maximum Gasteiger partial charge on any atom is 0.186 e. The van der Waals surface area contributed by atoms with Gasteiger partial charge >= 0.3 is 0 Å². The lowest BCUT2D eigenvalue weighted by molar-refractivity contribution is 0.0343. The van der Waals surface area contributed by atoms with Crippen LogP contribution < -0.4 is 4.90 Å². The molecule has 0 radical (unpaired) electrons. The molecule has 0 amide bonds. The van der Waals surface area contributed by atoms with E-state index in [4.69, 9.17) is 9.72 Å². The molecular formula is C13H20N2O2S. The highest BCUT2D eigenvalue weighted by molar-refractivity contribution is 7.15. The predicted molar refractivity (Wildman–Crippen MR) is 72.2 cm³/mol. The minimum Gasteiger partial charge on any atom is -0.391 e. The molecule has 100 valence electrons. The van der Waals surface area contributed by atoms with Gasteiger partial charge in [-0.2, -0.15) is 0 Å². The summed E-state index contributed by atoms with van der Waals surface area (Å²) in [4.78, 5) is 8.16. The van der Waals surface area contributed by atoms with Crippen molar-refractivity contribution in [3.05, 3.63) is 10.6 Å². The number of morpholine rings is 1. The quantitative estimate of drug-likeness (QED) is 0.912. The van der Waals surface area contributed by atoms with E-state index in [0.717, 1.165) is 28.9 Å². The summed E-state index contributed by atoms with van der Waals surface area (Å²) < 4.78 is 5.65. The van der Waals surface area contributed by atoms with E-state index in [9.17, 15) is 5.11 Å². The zero-order valence-corrected chi connectivity index (χ0v) is 11.7. The van der Waals surface area contributed by atoms with Gasteiger partial charge in [0.2, 0.25) is 0 Å². The van der Waals surface area contributed by atoms with Crippen LogP contribution in [-0.4, -0.2) is 35.4 Å². The average molecular weight is 268 g/mol. The lowest BCUT2D eigenvalue weighted by Crippen LogP contribution is -2.47. The van der Waals surface area contributed by atoms with Crippen LogP contribution in [0.15, 0.2) is 0 Å². The number of rotatable bonds is 3. The first-order valence-corrected chi connectivity index (χ1v) is 7.49. The molecule has 2 atom stereocenters. The Hall–Kier alpha value is -0.650. The van der Waals surface area contributed by atoms with Crippen molar-refractivity contribution in [2.75, 3.05) is 18.1 Å². The van der Waals surface area contributed by atoms with Gasteiger partial charge in [-0.15, -0.1) is 0 Å². The molecule has 1 saturated carbocycles. The summed E-state index contributed by atoms with van der Waals surface area (Å²) in [5.74, 6) is 0.603. The molecule has 0 bridgehead atoms. The molecule has 1 aromatic heterocycles. The summed E-state index contributed by atoms with van der Waals surface area (Å²) in [6.45, 7) is 6.04. The van der Waals surface area contributed by atoms with Gasteiger partial charge in [-0.25, -0.2) is 4.98 Å². The molecule has 0 spiro atoms. The number of thiazole rings is 1. The van der Waals surface area contributed by atoms with E-state index in [0.29, 0.717) is 12.0 Å². The van der Waals surface area contributed by atoms with Crippen molar-refractivity contribution in [1.29, 1.82) is 0 Å². The van der Waals surface area contributed by atoms with Crippen LogP contribution in [0.25, 0.3) is 0 Å². The zero-order valence-electron chi connectivity index (χ0n) is 10.9. The fourth-order valence-electron chi connectivity index (χ4n) is 2.43. The molecule has 1 saturated heterocycles. The molecule has 4 nitrogen and oxygen atoms in total. The molecule has 18 heavy (non-hydrogen) atoms. The van der Waals surface area contributed by atoms with Gasteiger partial charge in [0.15, 0.2) is 5.13 Å². The van der Waals surface area contributed by atoms with Crippen LogP contribution in [0.4, 0.5) is 5.13 Å². The van der Waals surface area contributed by atoms with Gasteiger partial charge in [-0.3, -0.25) is 0 Å². The first-order chi connectivity index (χ1) is 8.69. The number of hydrogen-bond donors (Lipinski definition) is 1. The van der Waals surface area contributed by atoms with E-state index >= 15 is 0 Å². The van der Waals surface area contributed by atoms with Crippen LogP contribution in [0.5, 0.6) is 0 Å². The van der Waals surface area contributed by atoms with Gasteiger partial charge in [-0.1, -0.05) is 11.3 Å². The standard InChI is InChI=1S/C13H20N2O2S/c1-8-7-17-9(2)5-15(8)13-14-12(10-3-4-10)11(6-16)18-13/h8-10,16H,3-7H2,1-2H3. The summed E-state index contributed by atoms with van der Waals surface area (Å²) in [6, 6.07) is 0.367. The summed E-state index contributed by atoms with van der Waals surface area (Å²) in [7, 11) is 0. The van der Waals surface area contributed by atoms with E-state index in [-0.39, 0.29) is 12.7 Å². The maximum atomic E-state index is 9.45. The van der Waals surface area contributed by atoms with Crippen LogP contribution in [0.1, 0.15) is 43.2 Å². The second-order valence-corrected chi connectivity index (χ2v) is 6.44. The number of aliphatic hydroxyl groups is 1. The maximum absolute atomic E-state index is 9.45. The molecule has 5 heteroatoms. The first-order valence-electron chi connectivity index (χ1n) is 6.67. The Labute approximate surface area is 112 Å². The third-order valence-electron chi connectivity index (χ3n) is 3.68. The minimum atomic E-state index is 0.123. The smallest absolute Gasteiger partial charge is 0.186 e. The van der Waals surface area contributed by atoms with E-state index in [1.807, 2.05) is 0 Å². The fourth-order valence-corrected chi connectivity index (χ4v) is 3.55. The zero-order chi connectivity index (χ0) is 12.7. The van der Waals surface area contributed by atoms with Crippen molar-refractivity contribution >= 4 is 16.5 Å². The van der Waals surface area contributed by atoms with E-state index in [2.05, 4.69) is 18.7 Å². The van der Waals surface area contributed by atoms with Crippen molar-refractivity contribution in [2.45, 2.75) is 51.4 Å². The van der Waals surface area contributed by atoms with Gasteiger partial charge in [0.05, 0.1) is 35.9 Å². The second-order valence-electron chi connectivity index (χ2n) is 5.38. The Bertz CT molecular complexity index is 431. The van der Waals surface area contributed by atoms with Gasteiger partial charge in [0, 0.05) is 12.5 Å². The minimum absolute atomic E-state index is 0.123. The lowest BCUT2D eigenvalue weighted by Gasteiger charge is -2.36. The number of aliphatic hydroxyl groups excluding tert-OH is 1. The Kier molecular flexibility index (Phi) is 3.30. The van der Waals surface area contributed by atoms with Gasteiger partial charge in [-0.05, 0) is 26.7 Å². The highest BCUT2D eigenvalue weighted by Crippen LogP contribution is 2.44. The monoisotopic (exact) mass is 268 g/mol. The van der Waals surface area contributed by atoms with Crippen LogP contribution in [0.3, 0.4) is 0 Å². The van der Waals surface area contributed by atoms with Crippen molar-refractivity contribution in [1.82, 2.24) is 4.98 Å². The number of anilines is 1. The van der Waals surface area contributed by atoms with Gasteiger partial charge in [0.1, 0.15) is 0 Å². The topological polar surface area (TPSA) is 45.6 Å². The SMILES string of the molecule is CC1CN(c2nc(C3CC3)c(CO)s2)C(C)CO1. The summed E-state index contributed by atoms with van der Waals surface area (Å²) in [5, 5.41) is 10.5. The van der Waals surface area contributed by atoms with Crippen LogP contribution in [-0.2, 0) is 11.3 Å². The molecule has 2 fully saturated rings. The van der Waals surface area contributed by atoms with Crippen LogP contribution in [0.2, 0.25) is 0 Å². The van der Waals surface area contributed by atoms with E-state index in [1.165, 1.54) is 12.8 Å². The fraction of sp³-hybridized carbons (Fsp3) is 0.769. The number of ether oxygens (including phenoxy) is 1. The number of nitrogens with zero attached hydrogens (tertiary/aromatic N) is 2. The van der Waals surface area contributed by atoms with Crippen LogP contribution >= 0.6 is 11.3 Å². The van der Waals surface area contributed by atoms with Crippen molar-refractivity contribution in [3.63, 3.8) is 0 Å². The highest BCUT2D eigenvalue weighted by atomic mass is 32.1. The first kappa shape index (κ1) is 12.4. The molecule has 0 aromatic carbocycles. The molecule has 1 aliphatic carbocycles. The van der Waals surface area contributed by atoms with Gasteiger partial charge < -0.3 is 14.7 Å². The molecule has 2 heterocycles. The van der Waals surface area contributed by atoms with Crippen molar-refractivity contribution in [2.24, 2.45) is 0 Å². The van der Waals surface area contributed by atoms with Crippen molar-refractivity contribution < 1.29 is 9.84 Å². The summed E-state index contributed by atoms with van der Waals surface area (Å²) in [5.41, 5.74) is 1.14. The number of aromatic nitrogens is 1. The van der Waals surface area contributed by atoms with Crippen molar-refractivity contribution in [3.8, 4) is 0 Å².